The number of aliphatic hydroxyl groups excluding tert-OH is 1. The first kappa shape index (κ1) is 18.2. The van der Waals surface area contributed by atoms with Gasteiger partial charge in [0.15, 0.2) is 0 Å². The minimum Gasteiger partial charge on any atom is -0.497 e. The average Bonchev–Trinajstić information content (AvgIpc) is 2.66. The predicted octanol–water partition coefficient (Wildman–Crippen LogP) is 3.60. The summed E-state index contributed by atoms with van der Waals surface area (Å²) in [5.74, 6) is 2.01. The molecule has 3 aliphatic heterocycles. The van der Waals surface area contributed by atoms with E-state index >= 15 is 0 Å². The molecule has 1 aromatic carbocycles. The van der Waals surface area contributed by atoms with Crippen molar-refractivity contribution in [3.05, 3.63) is 48.7 Å². The van der Waals surface area contributed by atoms with Crippen LogP contribution in [0.2, 0.25) is 0 Å². The molecule has 1 aromatic heterocycles. The van der Waals surface area contributed by atoms with Crippen molar-refractivity contribution >= 4 is 23.3 Å². The van der Waals surface area contributed by atoms with Crippen LogP contribution in [0.5, 0.6) is 5.75 Å². The number of halogens is 1. The Labute approximate surface area is 154 Å². The number of hydrogen-bond donors (Lipinski definition) is 1. The Morgan fingerprint density at radius 1 is 1.40 bits per heavy atom. The third-order valence-corrected chi connectivity index (χ3v) is 5.82. The molecule has 1 N–H and O–H groups in total. The van der Waals surface area contributed by atoms with Crippen molar-refractivity contribution in [1.82, 2.24) is 9.88 Å². The van der Waals surface area contributed by atoms with Gasteiger partial charge in [-0.2, -0.15) is 0 Å². The number of benzene rings is 1. The van der Waals surface area contributed by atoms with E-state index in [9.17, 15) is 5.11 Å². The van der Waals surface area contributed by atoms with Gasteiger partial charge in [0.2, 0.25) is 0 Å². The fraction of sp³-hybridized carbons (Fsp3) is 0.450. The lowest BCUT2D eigenvalue weighted by Gasteiger charge is -2.50. The summed E-state index contributed by atoms with van der Waals surface area (Å²) in [5.41, 5.74) is 1.85. The zero-order valence-corrected chi connectivity index (χ0v) is 15.3. The van der Waals surface area contributed by atoms with Gasteiger partial charge in [-0.1, -0.05) is 6.08 Å². The molecule has 0 aliphatic carbocycles. The van der Waals surface area contributed by atoms with E-state index < -0.39 is 6.10 Å². The van der Waals surface area contributed by atoms with Crippen LogP contribution in [0.25, 0.3) is 10.9 Å². The van der Waals surface area contributed by atoms with Gasteiger partial charge in [-0.25, -0.2) is 0 Å². The highest BCUT2D eigenvalue weighted by Crippen LogP contribution is 2.42. The molecule has 134 valence electrons. The second kappa shape index (κ2) is 7.32. The quantitative estimate of drug-likeness (QED) is 0.846. The number of fused-ring (bicyclic) bond motifs is 4. The van der Waals surface area contributed by atoms with E-state index in [2.05, 4.69) is 22.5 Å². The predicted molar refractivity (Wildman–Crippen MR) is 102 cm³/mol. The molecule has 3 aliphatic rings. The van der Waals surface area contributed by atoms with Crippen LogP contribution in [0, 0.1) is 11.8 Å². The van der Waals surface area contributed by atoms with E-state index in [1.54, 1.807) is 13.3 Å². The molecule has 0 spiro atoms. The van der Waals surface area contributed by atoms with Crippen LogP contribution in [0.1, 0.15) is 24.5 Å². The molecule has 5 rings (SSSR count). The van der Waals surface area contributed by atoms with Crippen molar-refractivity contribution in [1.29, 1.82) is 0 Å². The van der Waals surface area contributed by atoms with Crippen molar-refractivity contribution in [3.8, 4) is 5.75 Å². The molecule has 3 saturated heterocycles. The van der Waals surface area contributed by atoms with Crippen LogP contribution in [0.3, 0.4) is 0 Å². The molecule has 4 nitrogen and oxygen atoms in total. The highest BCUT2D eigenvalue weighted by atomic mass is 35.5. The molecule has 0 saturated carbocycles. The lowest BCUT2D eigenvalue weighted by atomic mass is 9.73. The van der Waals surface area contributed by atoms with E-state index in [1.165, 1.54) is 6.42 Å². The normalized spacial score (nSPS) is 29.0. The van der Waals surface area contributed by atoms with Gasteiger partial charge < -0.3 is 9.84 Å². The van der Waals surface area contributed by atoms with E-state index in [1.807, 2.05) is 24.3 Å². The molecule has 4 unspecified atom stereocenters. The SMILES string of the molecule is C=CC1CN2CC[C@@H]1CC2C(O)c1ccnc2ccc(OC)cc12.Cl. The first-order chi connectivity index (χ1) is 11.7. The van der Waals surface area contributed by atoms with Gasteiger partial charge >= 0.3 is 0 Å². The van der Waals surface area contributed by atoms with Gasteiger partial charge in [0.05, 0.1) is 18.7 Å². The van der Waals surface area contributed by atoms with Crippen LogP contribution >= 0.6 is 12.4 Å². The third-order valence-electron chi connectivity index (χ3n) is 5.82. The van der Waals surface area contributed by atoms with Gasteiger partial charge in [-0.3, -0.25) is 9.88 Å². The lowest BCUT2D eigenvalue weighted by molar-refractivity contribution is -0.0444. The molecular formula is C20H25ClN2O2. The summed E-state index contributed by atoms with van der Waals surface area (Å²) in [7, 11) is 1.66. The van der Waals surface area contributed by atoms with Gasteiger partial charge in [-0.15, -0.1) is 19.0 Å². The number of hydrogen-bond acceptors (Lipinski definition) is 4. The minimum atomic E-state index is -0.504. The summed E-state index contributed by atoms with van der Waals surface area (Å²) in [4.78, 5) is 6.86. The zero-order chi connectivity index (χ0) is 16.7. The maximum absolute atomic E-state index is 11.2. The van der Waals surface area contributed by atoms with E-state index in [0.717, 1.165) is 41.7 Å². The number of aromatic nitrogens is 1. The fourth-order valence-corrected chi connectivity index (χ4v) is 4.44. The number of aliphatic hydroxyl groups is 1. The standard InChI is InChI=1S/C20H24N2O2.ClH/c1-3-13-12-22-9-7-14(13)10-19(22)20(23)16-6-8-21-18-5-4-15(24-2)11-17(16)18;/h3-6,8,11,13-14,19-20,23H,1,7,9-10,12H2,2H3;1H/t13?,14-,19?,20?;/m1./s1. The molecule has 3 fully saturated rings. The van der Waals surface area contributed by atoms with Crippen molar-refractivity contribution in [2.45, 2.75) is 25.0 Å². The van der Waals surface area contributed by atoms with Gasteiger partial charge in [-0.05, 0) is 61.1 Å². The Hall–Kier alpha value is -1.62. The molecule has 4 heterocycles. The summed E-state index contributed by atoms with van der Waals surface area (Å²) in [6, 6.07) is 7.96. The maximum atomic E-state index is 11.2. The summed E-state index contributed by atoms with van der Waals surface area (Å²) < 4.78 is 5.35. The van der Waals surface area contributed by atoms with Gasteiger partial charge in [0.25, 0.3) is 0 Å². The van der Waals surface area contributed by atoms with Crippen molar-refractivity contribution in [2.24, 2.45) is 11.8 Å². The second-order valence-electron chi connectivity index (χ2n) is 6.97. The van der Waals surface area contributed by atoms with Crippen LogP contribution in [0.4, 0.5) is 0 Å². The Bertz CT molecular complexity index is 766. The van der Waals surface area contributed by atoms with Crippen LogP contribution in [0.15, 0.2) is 43.1 Å². The Balaban J connectivity index is 0.00000182. The molecule has 25 heavy (non-hydrogen) atoms. The summed E-state index contributed by atoms with van der Waals surface area (Å²) in [6.45, 7) is 6.07. The van der Waals surface area contributed by atoms with E-state index in [0.29, 0.717) is 11.8 Å². The molecule has 0 radical (unpaired) electrons. The van der Waals surface area contributed by atoms with Crippen molar-refractivity contribution < 1.29 is 9.84 Å². The number of nitrogens with zero attached hydrogens (tertiary/aromatic N) is 2. The second-order valence-corrected chi connectivity index (χ2v) is 6.97. The third kappa shape index (κ3) is 3.14. The van der Waals surface area contributed by atoms with Gasteiger partial charge in [0, 0.05) is 24.2 Å². The van der Waals surface area contributed by atoms with Crippen molar-refractivity contribution in [3.63, 3.8) is 0 Å². The summed E-state index contributed by atoms with van der Waals surface area (Å²) >= 11 is 0. The monoisotopic (exact) mass is 360 g/mol. The summed E-state index contributed by atoms with van der Waals surface area (Å²) in [6.07, 6.45) is 5.62. The van der Waals surface area contributed by atoms with Crippen molar-refractivity contribution in [2.75, 3.05) is 20.2 Å². The number of pyridine rings is 1. The van der Waals surface area contributed by atoms with E-state index in [-0.39, 0.29) is 18.4 Å². The largest absolute Gasteiger partial charge is 0.497 e. The first-order valence-electron chi connectivity index (χ1n) is 8.68. The Morgan fingerprint density at radius 3 is 2.92 bits per heavy atom. The highest BCUT2D eigenvalue weighted by Gasteiger charge is 2.42. The highest BCUT2D eigenvalue weighted by molar-refractivity contribution is 5.85. The molecule has 2 bridgehead atoms. The molecule has 5 atom stereocenters. The average molecular weight is 361 g/mol. The van der Waals surface area contributed by atoms with Gasteiger partial charge in [0.1, 0.15) is 5.75 Å². The topological polar surface area (TPSA) is 45.6 Å². The minimum absolute atomic E-state index is 0. The maximum Gasteiger partial charge on any atom is 0.119 e. The van der Waals surface area contributed by atoms with E-state index in [4.69, 9.17) is 4.74 Å². The van der Waals surface area contributed by atoms with Crippen LogP contribution in [-0.2, 0) is 0 Å². The number of ether oxygens (including phenoxy) is 1. The number of rotatable bonds is 4. The Kier molecular flexibility index (Phi) is 5.32. The summed E-state index contributed by atoms with van der Waals surface area (Å²) in [5, 5.41) is 12.1. The van der Waals surface area contributed by atoms with Crippen LogP contribution < -0.4 is 4.74 Å². The molecule has 5 heteroatoms. The van der Waals surface area contributed by atoms with Crippen LogP contribution in [-0.4, -0.2) is 41.2 Å². The molecule has 0 amide bonds. The fourth-order valence-electron chi connectivity index (χ4n) is 4.44. The number of methoxy groups -OCH3 is 1. The number of piperidine rings is 3. The smallest absolute Gasteiger partial charge is 0.119 e. The molecular weight excluding hydrogens is 336 g/mol. The lowest BCUT2D eigenvalue weighted by Crippen LogP contribution is -2.54. The first-order valence-corrected chi connectivity index (χ1v) is 8.68. The molecule has 2 aromatic rings. The zero-order valence-electron chi connectivity index (χ0n) is 14.5. The Morgan fingerprint density at radius 2 is 2.24 bits per heavy atom.